The average molecular weight is 461 g/mol. The highest BCUT2D eigenvalue weighted by Crippen LogP contribution is 2.29. The van der Waals surface area contributed by atoms with E-state index in [1.807, 2.05) is 31.2 Å². The number of amides is 2. The molecule has 0 saturated carbocycles. The number of urea groups is 1. The molecule has 2 N–H and O–H groups in total. The van der Waals surface area contributed by atoms with Crippen LogP contribution in [-0.2, 0) is 14.3 Å². The predicted molar refractivity (Wildman–Crippen MR) is 123 cm³/mol. The summed E-state index contributed by atoms with van der Waals surface area (Å²) in [6.07, 6.45) is 1.60. The van der Waals surface area contributed by atoms with E-state index in [0.717, 1.165) is 11.1 Å². The Morgan fingerprint density at radius 3 is 2.59 bits per heavy atom. The molecule has 0 unspecified atom stereocenters. The maximum atomic E-state index is 12.9. The number of hydrogen-bond acceptors (Lipinski definition) is 7. The summed E-state index contributed by atoms with van der Waals surface area (Å²) >= 11 is 0. The average Bonchev–Trinajstić information content (AvgIpc) is 3.33. The van der Waals surface area contributed by atoms with Gasteiger partial charge in [0.1, 0.15) is 6.61 Å². The van der Waals surface area contributed by atoms with Gasteiger partial charge in [-0.05, 0) is 26.0 Å². The van der Waals surface area contributed by atoms with E-state index in [-0.39, 0.29) is 42.5 Å². The Labute approximate surface area is 195 Å². The van der Waals surface area contributed by atoms with Crippen molar-refractivity contribution in [2.24, 2.45) is 0 Å². The van der Waals surface area contributed by atoms with Crippen molar-refractivity contribution in [2.45, 2.75) is 13.8 Å². The van der Waals surface area contributed by atoms with Crippen molar-refractivity contribution in [3.05, 3.63) is 77.1 Å². The molecule has 1 aliphatic rings. The third-order valence-electron chi connectivity index (χ3n) is 5.14. The van der Waals surface area contributed by atoms with Crippen molar-refractivity contribution in [3.63, 3.8) is 0 Å². The van der Waals surface area contributed by atoms with Gasteiger partial charge < -0.3 is 24.5 Å². The van der Waals surface area contributed by atoms with Gasteiger partial charge in [-0.2, -0.15) is 0 Å². The molecule has 2 heterocycles. The molecule has 1 aromatic heterocycles. The minimum atomic E-state index is -0.658. The van der Waals surface area contributed by atoms with Crippen molar-refractivity contribution in [1.82, 2.24) is 15.6 Å². The number of nitrogens with one attached hydrogen (secondary N) is 2. The highest BCUT2D eigenvalue weighted by molar-refractivity contribution is 5.97. The molecule has 0 bridgehead atoms. The normalized spacial score (nSPS) is 13.2. The number of esters is 2. The number of benzene rings is 2. The second-order valence-corrected chi connectivity index (χ2v) is 7.50. The van der Waals surface area contributed by atoms with Crippen molar-refractivity contribution >= 4 is 18.0 Å². The third-order valence-corrected chi connectivity index (χ3v) is 5.14. The van der Waals surface area contributed by atoms with Gasteiger partial charge in [-0.1, -0.05) is 42.0 Å². The van der Waals surface area contributed by atoms with Gasteiger partial charge in [-0.15, -0.1) is 0 Å². The molecule has 0 aliphatic carbocycles. The fourth-order valence-electron chi connectivity index (χ4n) is 3.38. The smallest absolute Gasteiger partial charge is 0.339 e. The van der Waals surface area contributed by atoms with E-state index in [1.165, 1.54) is 0 Å². The lowest BCUT2D eigenvalue weighted by Crippen LogP contribution is -2.45. The van der Waals surface area contributed by atoms with Gasteiger partial charge in [-0.3, -0.25) is 0 Å². The molecule has 2 aromatic carbocycles. The van der Waals surface area contributed by atoms with Crippen molar-refractivity contribution < 1.29 is 28.3 Å². The number of oxazole rings is 1. The second kappa shape index (κ2) is 10.0. The Morgan fingerprint density at radius 2 is 1.82 bits per heavy atom. The van der Waals surface area contributed by atoms with Gasteiger partial charge in [0.15, 0.2) is 5.76 Å². The number of carbonyl (C=O) groups excluding carboxylic acids is 3. The number of aromatic nitrogens is 1. The molecule has 0 radical (unpaired) electrons. The molecule has 2 amide bonds. The highest BCUT2D eigenvalue weighted by atomic mass is 16.5. The molecule has 4 rings (SSSR count). The second-order valence-electron chi connectivity index (χ2n) is 7.50. The lowest BCUT2D eigenvalue weighted by Gasteiger charge is -2.21. The number of nitrogens with zero attached hydrogens (tertiary/aromatic N) is 1. The van der Waals surface area contributed by atoms with Gasteiger partial charge in [0, 0.05) is 5.56 Å². The van der Waals surface area contributed by atoms with Crippen LogP contribution in [0.5, 0.6) is 0 Å². The predicted octanol–water partition coefficient (Wildman–Crippen LogP) is 3.60. The molecule has 3 aromatic rings. The number of carbonyl (C=O) groups is 3. The first-order valence-electron chi connectivity index (χ1n) is 10.7. The first-order chi connectivity index (χ1) is 16.5. The molecule has 9 heteroatoms. The highest BCUT2D eigenvalue weighted by Gasteiger charge is 2.25. The Morgan fingerprint density at radius 1 is 1.06 bits per heavy atom. The largest absolute Gasteiger partial charge is 0.463 e. The van der Waals surface area contributed by atoms with E-state index in [2.05, 4.69) is 15.6 Å². The summed E-state index contributed by atoms with van der Waals surface area (Å²) in [6, 6.07) is 14.1. The Hall–Kier alpha value is -4.40. The third kappa shape index (κ3) is 4.98. The molecule has 1 aliphatic heterocycles. The molecule has 0 atom stereocenters. The molecular formula is C25H23N3O6. The first kappa shape index (κ1) is 22.8. The van der Waals surface area contributed by atoms with E-state index in [1.54, 1.807) is 37.4 Å². The van der Waals surface area contributed by atoms with Crippen molar-refractivity contribution in [1.29, 1.82) is 0 Å². The maximum Gasteiger partial charge on any atom is 0.339 e. The Kier molecular flexibility index (Phi) is 6.72. The summed E-state index contributed by atoms with van der Waals surface area (Å²) in [5.41, 5.74) is 3.05. The molecule has 34 heavy (non-hydrogen) atoms. The number of aryl methyl sites for hydroxylation is 1. The quantitative estimate of drug-likeness (QED) is 0.516. The molecule has 174 valence electrons. The van der Waals surface area contributed by atoms with Crippen LogP contribution < -0.4 is 10.6 Å². The summed E-state index contributed by atoms with van der Waals surface area (Å²) in [6.45, 7) is 3.52. The zero-order valence-electron chi connectivity index (χ0n) is 18.7. The van der Waals surface area contributed by atoms with Gasteiger partial charge in [0.25, 0.3) is 0 Å². The number of ether oxygens (including phenoxy) is 2. The molecule has 0 fully saturated rings. The fraction of sp³-hybridized carbons (Fsp3) is 0.200. The monoisotopic (exact) mass is 461 g/mol. The van der Waals surface area contributed by atoms with Crippen LogP contribution in [0.2, 0.25) is 0 Å². The lowest BCUT2D eigenvalue weighted by molar-refractivity contribution is -0.138. The minimum Gasteiger partial charge on any atom is -0.463 e. The molecule has 9 nitrogen and oxygen atoms in total. The van der Waals surface area contributed by atoms with Crippen LogP contribution in [0.1, 0.15) is 22.8 Å². The van der Waals surface area contributed by atoms with E-state index < -0.39 is 18.0 Å². The van der Waals surface area contributed by atoms with E-state index in [0.29, 0.717) is 11.3 Å². The number of hydrogen-bond donors (Lipinski definition) is 2. The molecule has 0 spiro atoms. The van der Waals surface area contributed by atoms with Crippen LogP contribution in [0.25, 0.3) is 22.8 Å². The summed E-state index contributed by atoms with van der Waals surface area (Å²) in [7, 11) is 0. The first-order valence-corrected chi connectivity index (χ1v) is 10.7. The van der Waals surface area contributed by atoms with Crippen molar-refractivity contribution in [2.75, 3.05) is 19.8 Å². The summed E-state index contributed by atoms with van der Waals surface area (Å²) in [4.78, 5) is 41.2. The zero-order valence-corrected chi connectivity index (χ0v) is 18.7. The van der Waals surface area contributed by atoms with Gasteiger partial charge in [0.05, 0.1) is 41.7 Å². The van der Waals surface area contributed by atoms with Crippen LogP contribution in [0, 0.1) is 6.92 Å². The van der Waals surface area contributed by atoms with E-state index in [4.69, 9.17) is 13.9 Å². The fourth-order valence-corrected chi connectivity index (χ4v) is 3.38. The number of rotatable bonds is 7. The maximum absolute atomic E-state index is 12.9. The summed E-state index contributed by atoms with van der Waals surface area (Å²) in [5.74, 6) is -0.413. The zero-order chi connectivity index (χ0) is 24.1. The topological polar surface area (TPSA) is 120 Å². The Bertz CT molecular complexity index is 1260. The Balaban J connectivity index is 1.55. The van der Waals surface area contributed by atoms with Crippen LogP contribution in [-0.4, -0.2) is 42.7 Å². The van der Waals surface area contributed by atoms with E-state index >= 15 is 0 Å². The summed E-state index contributed by atoms with van der Waals surface area (Å²) in [5, 5.41) is 5.01. The van der Waals surface area contributed by atoms with Crippen LogP contribution >= 0.6 is 0 Å². The van der Waals surface area contributed by atoms with Crippen LogP contribution in [0.3, 0.4) is 0 Å². The van der Waals surface area contributed by atoms with Gasteiger partial charge >= 0.3 is 18.0 Å². The SMILES string of the molecule is CCOC(=O)C1=C(COC(=O)c2ccccc2-c2ncc(-c3ccc(C)cc3)o2)NC(=O)NC1. The molecular weight excluding hydrogens is 438 g/mol. The standard InChI is InChI=1S/C25H23N3O6/c1-3-32-24(30)19-12-27-25(31)28-20(19)14-33-23(29)18-7-5-4-6-17(18)22-26-13-21(34-22)16-10-8-15(2)9-11-16/h4-11,13H,3,12,14H2,1-2H3,(H2,27,28,31). The minimum absolute atomic E-state index is 0.0216. The molecule has 0 saturated heterocycles. The van der Waals surface area contributed by atoms with Crippen LogP contribution in [0.15, 0.2) is 70.4 Å². The lowest BCUT2D eigenvalue weighted by atomic mass is 10.1. The van der Waals surface area contributed by atoms with Gasteiger partial charge in [-0.25, -0.2) is 19.4 Å². The van der Waals surface area contributed by atoms with Crippen LogP contribution in [0.4, 0.5) is 4.79 Å². The van der Waals surface area contributed by atoms with E-state index in [9.17, 15) is 14.4 Å². The van der Waals surface area contributed by atoms with Gasteiger partial charge in [0.2, 0.25) is 5.89 Å². The summed E-state index contributed by atoms with van der Waals surface area (Å²) < 4.78 is 16.4. The van der Waals surface area contributed by atoms with Crippen molar-refractivity contribution in [3.8, 4) is 22.8 Å².